The molecule has 1 fully saturated rings. The van der Waals surface area contributed by atoms with E-state index < -0.39 is 12.0 Å². The van der Waals surface area contributed by atoms with E-state index in [0.717, 1.165) is 0 Å². The second kappa shape index (κ2) is 2.28. The first-order valence-electron chi connectivity index (χ1n) is 3.13. The molecule has 0 bridgehead atoms. The van der Waals surface area contributed by atoms with Gasteiger partial charge < -0.3 is 10.4 Å². The summed E-state index contributed by atoms with van der Waals surface area (Å²) in [7, 11) is 0. The van der Waals surface area contributed by atoms with Gasteiger partial charge in [0.25, 0.3) is 0 Å². The number of hydrogen-bond donors (Lipinski definition) is 2. The third-order valence-electron chi connectivity index (χ3n) is 1.66. The van der Waals surface area contributed by atoms with Gasteiger partial charge in [-0.3, -0.25) is 4.79 Å². The van der Waals surface area contributed by atoms with Gasteiger partial charge in [-0.1, -0.05) is 6.92 Å². The van der Waals surface area contributed by atoms with Gasteiger partial charge in [0.1, 0.15) is 6.04 Å². The van der Waals surface area contributed by atoms with Gasteiger partial charge in [0, 0.05) is 6.42 Å². The van der Waals surface area contributed by atoms with Crippen LogP contribution in [0.15, 0.2) is 0 Å². The molecule has 0 spiro atoms. The fraction of sp³-hybridized carbons (Fsp3) is 0.667. The normalized spacial score (nSPS) is 31.9. The fourth-order valence-electron chi connectivity index (χ4n) is 1.09. The molecule has 2 atom stereocenters. The van der Waals surface area contributed by atoms with Crippen molar-refractivity contribution >= 4 is 11.9 Å². The lowest BCUT2D eigenvalue weighted by Crippen LogP contribution is -2.35. The van der Waals surface area contributed by atoms with Crippen LogP contribution < -0.4 is 5.32 Å². The molecule has 1 aliphatic rings. The van der Waals surface area contributed by atoms with Crippen molar-refractivity contribution in [3.05, 3.63) is 0 Å². The van der Waals surface area contributed by atoms with Gasteiger partial charge in [-0.25, -0.2) is 4.79 Å². The zero-order valence-electron chi connectivity index (χ0n) is 5.63. The van der Waals surface area contributed by atoms with Crippen LogP contribution >= 0.6 is 0 Å². The van der Waals surface area contributed by atoms with Gasteiger partial charge in [0.05, 0.1) is 0 Å². The lowest BCUT2D eigenvalue weighted by atomic mass is 10.0. The Bertz CT molecular complexity index is 178. The maximum atomic E-state index is 10.6. The highest BCUT2D eigenvalue weighted by molar-refractivity contribution is 5.87. The van der Waals surface area contributed by atoms with Gasteiger partial charge in [0.15, 0.2) is 0 Å². The summed E-state index contributed by atoms with van der Waals surface area (Å²) in [6.45, 7) is 1.75. The summed E-state index contributed by atoms with van der Waals surface area (Å²) >= 11 is 0. The van der Waals surface area contributed by atoms with Crippen LogP contribution in [-0.4, -0.2) is 23.0 Å². The average molecular weight is 143 g/mol. The highest BCUT2D eigenvalue weighted by atomic mass is 16.4. The number of carboxylic acids is 1. The Morgan fingerprint density at radius 3 is 2.60 bits per heavy atom. The Kier molecular flexibility index (Phi) is 1.61. The minimum atomic E-state index is -0.946. The van der Waals surface area contributed by atoms with Crippen molar-refractivity contribution < 1.29 is 14.7 Å². The molecule has 1 heterocycles. The quantitative estimate of drug-likeness (QED) is 0.524. The summed E-state index contributed by atoms with van der Waals surface area (Å²) in [5, 5.41) is 10.9. The van der Waals surface area contributed by atoms with E-state index in [0.29, 0.717) is 6.42 Å². The standard InChI is InChI=1S/C6H9NO3/c1-3-2-4(8)7-5(3)6(9)10/h3,5H,2H2,1H3,(H,7,8)(H,9,10)/t3-,5?/m1/s1. The second-order valence-corrected chi connectivity index (χ2v) is 2.56. The van der Waals surface area contributed by atoms with Crippen molar-refractivity contribution in [3.63, 3.8) is 0 Å². The molecule has 2 N–H and O–H groups in total. The van der Waals surface area contributed by atoms with Crippen LogP contribution in [0.5, 0.6) is 0 Å². The summed E-state index contributed by atoms with van der Waals surface area (Å²) in [4.78, 5) is 20.9. The molecule has 0 radical (unpaired) electrons. The number of carbonyl (C=O) groups is 2. The molecule has 4 heteroatoms. The molecule has 56 valence electrons. The summed E-state index contributed by atoms with van der Waals surface area (Å²) in [6.07, 6.45) is 0.330. The molecule has 1 unspecified atom stereocenters. The van der Waals surface area contributed by atoms with Crippen molar-refractivity contribution in [1.82, 2.24) is 5.32 Å². The van der Waals surface area contributed by atoms with E-state index in [-0.39, 0.29) is 11.8 Å². The van der Waals surface area contributed by atoms with Crippen LogP contribution in [-0.2, 0) is 9.59 Å². The molecule has 0 aliphatic carbocycles. The van der Waals surface area contributed by atoms with Gasteiger partial charge in [0.2, 0.25) is 5.91 Å². The number of amides is 1. The summed E-state index contributed by atoms with van der Waals surface area (Å²) in [6, 6.07) is -0.674. The number of aliphatic carboxylic acids is 1. The zero-order valence-corrected chi connectivity index (χ0v) is 5.63. The van der Waals surface area contributed by atoms with E-state index >= 15 is 0 Å². The van der Waals surface area contributed by atoms with Gasteiger partial charge in [-0.15, -0.1) is 0 Å². The van der Waals surface area contributed by atoms with Gasteiger partial charge in [-0.05, 0) is 5.92 Å². The first-order valence-corrected chi connectivity index (χ1v) is 3.13. The predicted octanol–water partition coefficient (Wildman–Crippen LogP) is -0.404. The number of carbonyl (C=O) groups excluding carboxylic acids is 1. The van der Waals surface area contributed by atoms with Crippen LogP contribution in [0.25, 0.3) is 0 Å². The molecule has 1 saturated heterocycles. The molecule has 10 heavy (non-hydrogen) atoms. The van der Waals surface area contributed by atoms with Crippen LogP contribution in [0.2, 0.25) is 0 Å². The molecule has 0 aromatic carbocycles. The smallest absolute Gasteiger partial charge is 0.326 e. The van der Waals surface area contributed by atoms with Crippen molar-refractivity contribution in [2.24, 2.45) is 5.92 Å². The molecular weight excluding hydrogens is 134 g/mol. The highest BCUT2D eigenvalue weighted by Gasteiger charge is 2.33. The minimum absolute atomic E-state index is 0.0787. The Morgan fingerprint density at radius 2 is 2.40 bits per heavy atom. The largest absolute Gasteiger partial charge is 0.480 e. The van der Waals surface area contributed by atoms with Crippen LogP contribution in [0, 0.1) is 5.92 Å². The molecular formula is C6H9NO3. The van der Waals surface area contributed by atoms with Gasteiger partial charge in [-0.2, -0.15) is 0 Å². The molecule has 1 aliphatic heterocycles. The summed E-state index contributed by atoms with van der Waals surface area (Å²) in [5.74, 6) is -1.19. The third kappa shape index (κ3) is 1.10. The number of hydrogen-bond acceptors (Lipinski definition) is 2. The Labute approximate surface area is 58.2 Å². The first-order chi connectivity index (χ1) is 4.61. The van der Waals surface area contributed by atoms with Crippen molar-refractivity contribution in [1.29, 1.82) is 0 Å². The topological polar surface area (TPSA) is 66.4 Å². The molecule has 1 amide bonds. The van der Waals surface area contributed by atoms with E-state index in [1.54, 1.807) is 6.92 Å². The van der Waals surface area contributed by atoms with E-state index in [2.05, 4.69) is 5.32 Å². The summed E-state index contributed by atoms with van der Waals surface area (Å²) in [5.41, 5.74) is 0. The molecule has 0 aromatic heterocycles. The Balaban J connectivity index is 2.63. The van der Waals surface area contributed by atoms with Crippen molar-refractivity contribution in [2.45, 2.75) is 19.4 Å². The highest BCUT2D eigenvalue weighted by Crippen LogP contribution is 2.14. The maximum absolute atomic E-state index is 10.6. The minimum Gasteiger partial charge on any atom is -0.480 e. The molecule has 4 nitrogen and oxygen atoms in total. The lowest BCUT2D eigenvalue weighted by molar-refractivity contribution is -0.140. The summed E-state index contributed by atoms with van der Waals surface area (Å²) < 4.78 is 0. The van der Waals surface area contributed by atoms with E-state index in [4.69, 9.17) is 5.11 Å². The Hall–Kier alpha value is -1.06. The predicted molar refractivity (Wildman–Crippen MR) is 33.3 cm³/mol. The van der Waals surface area contributed by atoms with Crippen LogP contribution in [0.1, 0.15) is 13.3 Å². The molecule has 0 aromatic rings. The maximum Gasteiger partial charge on any atom is 0.326 e. The van der Waals surface area contributed by atoms with Crippen molar-refractivity contribution in [2.75, 3.05) is 0 Å². The van der Waals surface area contributed by atoms with Crippen LogP contribution in [0.3, 0.4) is 0 Å². The zero-order chi connectivity index (χ0) is 7.72. The average Bonchev–Trinajstić information content (AvgIpc) is 2.10. The van der Waals surface area contributed by atoms with Crippen molar-refractivity contribution in [3.8, 4) is 0 Å². The number of nitrogens with one attached hydrogen (secondary N) is 1. The SMILES string of the molecule is C[C@@H]1CC(=O)NC1C(=O)O. The molecule has 1 rings (SSSR count). The van der Waals surface area contributed by atoms with E-state index in [9.17, 15) is 9.59 Å². The lowest BCUT2D eigenvalue weighted by Gasteiger charge is -2.07. The van der Waals surface area contributed by atoms with E-state index in [1.807, 2.05) is 0 Å². The number of carboxylic acid groups (broad SMARTS) is 1. The second-order valence-electron chi connectivity index (χ2n) is 2.56. The molecule has 0 saturated carbocycles. The van der Waals surface area contributed by atoms with E-state index in [1.165, 1.54) is 0 Å². The monoisotopic (exact) mass is 143 g/mol. The first kappa shape index (κ1) is 7.05. The fourth-order valence-corrected chi connectivity index (χ4v) is 1.09. The number of rotatable bonds is 1. The Morgan fingerprint density at radius 1 is 1.80 bits per heavy atom. The van der Waals surface area contributed by atoms with Gasteiger partial charge >= 0.3 is 5.97 Å². The third-order valence-corrected chi connectivity index (χ3v) is 1.66. The van der Waals surface area contributed by atoms with Crippen LogP contribution in [0.4, 0.5) is 0 Å².